The molecule has 9 rings (SSSR count). The normalized spacial score (nSPS) is 14.9. The molecule has 0 aliphatic carbocycles. The number of aromatic nitrogens is 5. The fraction of sp³-hybridized carbons (Fsp3) is 0.250. The number of fused-ring (bicyclic) bond motifs is 4. The smallest absolute Gasteiger partial charge is 0.255 e. The number of unbranched alkanes of at least 4 members (excludes halogenated alkanes) is 1. The van der Waals surface area contributed by atoms with E-state index in [0.717, 1.165) is 0 Å². The van der Waals surface area contributed by atoms with Gasteiger partial charge in [-0.05, 0) is 79.9 Å². The molecular weight excluding hydrogens is 936 g/mol. The number of halogens is 4. The molecule has 17 nitrogen and oxygen atoms in total. The lowest BCUT2D eigenvalue weighted by Gasteiger charge is -2.29. The third-order valence-corrected chi connectivity index (χ3v) is 11.9. The van der Waals surface area contributed by atoms with Crippen LogP contribution in [-0.2, 0) is 45.3 Å². The third kappa shape index (κ3) is 10.8. The number of carbonyl (C=O) groups is 5. The van der Waals surface area contributed by atoms with E-state index in [1.165, 1.54) is 23.1 Å². The Bertz CT molecular complexity index is 2990. The van der Waals surface area contributed by atoms with Crippen LogP contribution in [0.4, 0.5) is 26.1 Å². The van der Waals surface area contributed by atoms with Gasteiger partial charge in [0, 0.05) is 82.0 Å². The minimum atomic E-state index is -0.746. The summed E-state index contributed by atoms with van der Waals surface area (Å²) >= 11 is 6.35. The Morgan fingerprint density at radius 2 is 1.72 bits per heavy atom. The third-order valence-electron chi connectivity index (χ3n) is 11.6. The van der Waals surface area contributed by atoms with Crippen LogP contribution in [0.15, 0.2) is 96.2 Å². The van der Waals surface area contributed by atoms with Crippen LogP contribution in [0.3, 0.4) is 0 Å². The van der Waals surface area contributed by atoms with Gasteiger partial charge in [-0.3, -0.25) is 34.3 Å². The summed E-state index contributed by atoms with van der Waals surface area (Å²) in [6, 6.07) is 19.8. The molecule has 21 heteroatoms. The first-order valence-electron chi connectivity index (χ1n) is 21.8. The van der Waals surface area contributed by atoms with Gasteiger partial charge in [-0.15, -0.1) is 17.5 Å². The number of piperidine rings is 1. The number of anilines is 3. The molecule has 0 saturated carbocycles. The van der Waals surface area contributed by atoms with Gasteiger partial charge < -0.3 is 25.6 Å². The zero-order chi connectivity index (χ0) is 47.3. The number of amides is 5. The lowest BCUT2D eigenvalue weighted by Crippen LogP contribution is -2.52. The van der Waals surface area contributed by atoms with Gasteiger partial charge in [-0.1, -0.05) is 35.0 Å². The molecular formula is C48H43Cl2F2N11O6. The molecule has 3 aliphatic rings. The fourth-order valence-electron chi connectivity index (χ4n) is 8.22. The summed E-state index contributed by atoms with van der Waals surface area (Å²) in [6.07, 6.45) is 5.21. The molecule has 1 saturated heterocycles. The van der Waals surface area contributed by atoms with Gasteiger partial charge in [0.15, 0.2) is 0 Å². The second-order valence-corrected chi connectivity index (χ2v) is 16.7. The zero-order valence-corrected chi connectivity index (χ0v) is 38.2. The highest BCUT2D eigenvalue weighted by Crippen LogP contribution is 2.36. The van der Waals surface area contributed by atoms with Crippen molar-refractivity contribution in [1.82, 2.24) is 40.5 Å². The number of rotatable bonds is 16. The monoisotopic (exact) mass is 977 g/mol. The molecule has 6 aromatic rings. The van der Waals surface area contributed by atoms with Crippen molar-refractivity contribution < 1.29 is 37.5 Å². The SMILES string of the molecule is Cl.O=C1CCC(N2Cc3c(NC(=O)CCCCOCCn4cc(CNC(=O)c5ccc(Nc6ncc7c(n6)-c6ccc(Cl)cc6C(c6c(F)cccc6F)=NC7)cc5)nn4)cccc3C2=O)C(=O)N1. The maximum Gasteiger partial charge on any atom is 0.255 e. The Kier molecular flexibility index (Phi) is 14.8. The molecule has 0 bridgehead atoms. The molecule has 1 fully saturated rings. The lowest BCUT2D eigenvalue weighted by atomic mass is 9.95. The van der Waals surface area contributed by atoms with Crippen LogP contribution in [0, 0.1) is 11.6 Å². The summed E-state index contributed by atoms with van der Waals surface area (Å²) in [4.78, 5) is 78.1. The number of nitrogens with one attached hydrogen (secondary N) is 4. The zero-order valence-electron chi connectivity index (χ0n) is 36.6. The number of ether oxygens (including phenoxy) is 1. The van der Waals surface area contributed by atoms with Crippen molar-refractivity contribution >= 4 is 76.6 Å². The summed E-state index contributed by atoms with van der Waals surface area (Å²) in [5.41, 5.74) is 5.24. The van der Waals surface area contributed by atoms with E-state index in [9.17, 15) is 32.8 Å². The quantitative estimate of drug-likeness (QED) is 0.0592. The van der Waals surface area contributed by atoms with Gasteiger partial charge in [0.1, 0.15) is 23.4 Å². The average Bonchev–Trinajstić information content (AvgIpc) is 3.89. The summed E-state index contributed by atoms with van der Waals surface area (Å²) < 4.78 is 37.2. The van der Waals surface area contributed by atoms with Crippen LogP contribution in [0.2, 0.25) is 5.02 Å². The van der Waals surface area contributed by atoms with Gasteiger partial charge in [-0.25, -0.2) is 23.4 Å². The Morgan fingerprint density at radius 1 is 0.928 bits per heavy atom. The maximum absolute atomic E-state index is 14.9. The van der Waals surface area contributed by atoms with Crippen LogP contribution in [0.1, 0.15) is 80.8 Å². The minimum absolute atomic E-state index is 0. The second-order valence-electron chi connectivity index (χ2n) is 16.2. The highest BCUT2D eigenvalue weighted by Gasteiger charge is 2.40. The van der Waals surface area contributed by atoms with Gasteiger partial charge >= 0.3 is 0 Å². The topological polar surface area (TPSA) is 215 Å². The van der Waals surface area contributed by atoms with E-state index >= 15 is 0 Å². The Labute approximate surface area is 404 Å². The Balaban J connectivity index is 0.00000642. The van der Waals surface area contributed by atoms with Crippen molar-refractivity contribution in [2.45, 2.75) is 64.3 Å². The Morgan fingerprint density at radius 3 is 2.52 bits per heavy atom. The minimum Gasteiger partial charge on any atom is -0.380 e. The van der Waals surface area contributed by atoms with E-state index in [1.54, 1.807) is 77.7 Å². The molecule has 1 unspecified atom stereocenters. The molecule has 5 heterocycles. The molecule has 5 amide bonds. The van der Waals surface area contributed by atoms with Crippen LogP contribution in [0.25, 0.3) is 11.3 Å². The van der Waals surface area contributed by atoms with Crippen LogP contribution in [-0.4, -0.2) is 84.4 Å². The van der Waals surface area contributed by atoms with Gasteiger partial charge in [0.25, 0.3) is 11.8 Å². The molecule has 69 heavy (non-hydrogen) atoms. The number of nitrogens with zero attached hydrogens (tertiary/aromatic N) is 7. The number of carbonyl (C=O) groups excluding carboxylic acids is 5. The van der Waals surface area contributed by atoms with Gasteiger partial charge in [-0.2, -0.15) is 0 Å². The van der Waals surface area contributed by atoms with E-state index in [0.29, 0.717) is 93.8 Å². The van der Waals surface area contributed by atoms with Crippen molar-refractivity contribution in [3.05, 3.63) is 147 Å². The summed E-state index contributed by atoms with van der Waals surface area (Å²) in [5.74, 6) is -2.91. The standard InChI is InChI=1S/C48H42ClF2N11O6.ClH/c49-29-12-15-32-34(21-29)44(42-36(50)6-4-7-37(42)51)52-22-28-23-54-48(58-43(28)32)55-30-13-10-27(11-14-30)45(65)53-24-31-25-61(60-59-31)18-20-68-19-2-1-9-40(63)56-38-8-3-5-33-35(38)26-62(47(33)67)39-16-17-41(64)57-46(39)66;/h3-8,10-15,21,23,25,39H,1-2,9,16-20,22,24,26H2,(H,53,65)(H,56,63)(H,54,55,58)(H,57,64,66);1H. The fourth-order valence-corrected chi connectivity index (χ4v) is 8.40. The average molecular weight is 979 g/mol. The molecule has 0 radical (unpaired) electrons. The highest BCUT2D eigenvalue weighted by atomic mass is 35.5. The number of aliphatic imine (C=N–C) groups is 1. The highest BCUT2D eigenvalue weighted by molar-refractivity contribution is 6.31. The van der Waals surface area contributed by atoms with Crippen LogP contribution >= 0.6 is 24.0 Å². The van der Waals surface area contributed by atoms with Crippen molar-refractivity contribution in [3.63, 3.8) is 0 Å². The second kappa shape index (κ2) is 21.2. The summed E-state index contributed by atoms with van der Waals surface area (Å²) in [5, 5.41) is 19.8. The van der Waals surface area contributed by atoms with E-state index < -0.39 is 23.6 Å². The Hall–Kier alpha value is -7.48. The molecule has 1 atom stereocenters. The molecule has 3 aliphatic heterocycles. The predicted octanol–water partition coefficient (Wildman–Crippen LogP) is 6.70. The van der Waals surface area contributed by atoms with Crippen molar-refractivity contribution in [2.75, 3.05) is 23.8 Å². The number of imide groups is 1. The molecule has 4 aromatic carbocycles. The molecule has 2 aromatic heterocycles. The molecule has 4 N–H and O–H groups in total. The van der Waals surface area contributed by atoms with Crippen molar-refractivity contribution in [2.24, 2.45) is 4.99 Å². The maximum atomic E-state index is 14.9. The van der Waals surface area contributed by atoms with E-state index in [2.05, 4.69) is 41.6 Å². The first kappa shape index (κ1) is 48.0. The first-order chi connectivity index (χ1) is 33.0. The van der Waals surface area contributed by atoms with Gasteiger partial charge in [0.2, 0.25) is 23.7 Å². The van der Waals surface area contributed by atoms with E-state index in [-0.39, 0.29) is 92.2 Å². The van der Waals surface area contributed by atoms with E-state index in [4.69, 9.17) is 21.3 Å². The predicted molar refractivity (Wildman–Crippen MR) is 252 cm³/mol. The van der Waals surface area contributed by atoms with E-state index in [1.807, 2.05) is 0 Å². The molecule has 354 valence electrons. The van der Waals surface area contributed by atoms with Crippen LogP contribution in [0.5, 0.6) is 0 Å². The van der Waals surface area contributed by atoms with Gasteiger partial charge in [0.05, 0.1) is 49.4 Å². The van der Waals surface area contributed by atoms with Crippen LogP contribution < -0.4 is 21.3 Å². The van der Waals surface area contributed by atoms with Crippen molar-refractivity contribution in [3.8, 4) is 11.3 Å². The molecule has 0 spiro atoms. The number of hydrogen-bond donors (Lipinski definition) is 4. The number of hydrogen-bond acceptors (Lipinski definition) is 12. The largest absolute Gasteiger partial charge is 0.380 e. The van der Waals surface area contributed by atoms with Crippen molar-refractivity contribution in [1.29, 1.82) is 0 Å². The number of benzene rings is 4. The summed E-state index contributed by atoms with van der Waals surface area (Å²) in [7, 11) is 0. The summed E-state index contributed by atoms with van der Waals surface area (Å²) in [6.45, 7) is 1.61. The first-order valence-corrected chi connectivity index (χ1v) is 22.2. The lowest BCUT2D eigenvalue weighted by molar-refractivity contribution is -0.137.